The van der Waals surface area contributed by atoms with Crippen molar-refractivity contribution in [1.29, 1.82) is 0 Å². The third-order valence-corrected chi connectivity index (χ3v) is 2.84. The highest BCUT2D eigenvalue weighted by Gasteiger charge is 2.28. The van der Waals surface area contributed by atoms with Crippen LogP contribution in [0.1, 0.15) is 32.6 Å². The topological polar surface area (TPSA) is 84.2 Å². The van der Waals surface area contributed by atoms with Gasteiger partial charge in [-0.05, 0) is 18.8 Å². The van der Waals surface area contributed by atoms with E-state index < -0.39 is 11.8 Å². The predicted molar refractivity (Wildman–Crippen MR) is 51.9 cm³/mol. The Bertz CT molecular complexity index is 230. The lowest BCUT2D eigenvalue weighted by molar-refractivity contribution is -0.139. The van der Waals surface area contributed by atoms with Crippen molar-refractivity contribution in [1.82, 2.24) is 10.7 Å². The Morgan fingerprint density at radius 2 is 2.07 bits per heavy atom. The van der Waals surface area contributed by atoms with Crippen molar-refractivity contribution in [3.63, 3.8) is 0 Å². The highest BCUT2D eigenvalue weighted by molar-refractivity contribution is 6.34. The Labute approximate surface area is 83.4 Å². The van der Waals surface area contributed by atoms with Crippen molar-refractivity contribution in [3.05, 3.63) is 0 Å². The first-order chi connectivity index (χ1) is 6.69. The van der Waals surface area contributed by atoms with Gasteiger partial charge in [0, 0.05) is 6.04 Å². The molecule has 2 unspecified atom stereocenters. The summed E-state index contributed by atoms with van der Waals surface area (Å²) in [4.78, 5) is 22.0. The largest absolute Gasteiger partial charge is 0.345 e. The molecule has 0 radical (unpaired) electrons. The lowest BCUT2D eigenvalue weighted by Crippen LogP contribution is -2.47. The standard InChI is InChI=1S/C9H17N3O2/c1-2-6-4-3-5-7(6)11-8(13)9(14)12-10/h6-7H,2-5,10H2,1H3,(H,11,13)(H,12,14). The Morgan fingerprint density at radius 3 is 2.64 bits per heavy atom. The smallest absolute Gasteiger partial charge is 0.323 e. The van der Waals surface area contributed by atoms with Crippen LogP contribution in [0.15, 0.2) is 0 Å². The predicted octanol–water partition coefficient (Wildman–Crippen LogP) is -0.329. The van der Waals surface area contributed by atoms with E-state index in [0.29, 0.717) is 5.92 Å². The molecule has 0 spiro atoms. The Morgan fingerprint density at radius 1 is 1.36 bits per heavy atom. The number of hydrazine groups is 1. The summed E-state index contributed by atoms with van der Waals surface area (Å²) in [5.74, 6) is 3.96. The number of rotatable bonds is 2. The van der Waals surface area contributed by atoms with Crippen LogP contribution >= 0.6 is 0 Å². The molecule has 1 aliphatic carbocycles. The van der Waals surface area contributed by atoms with Crippen LogP contribution in [0.4, 0.5) is 0 Å². The molecule has 14 heavy (non-hydrogen) atoms. The van der Waals surface area contributed by atoms with Gasteiger partial charge in [-0.1, -0.05) is 19.8 Å². The zero-order chi connectivity index (χ0) is 10.6. The first kappa shape index (κ1) is 11.0. The summed E-state index contributed by atoms with van der Waals surface area (Å²) in [6.07, 6.45) is 4.25. The minimum absolute atomic E-state index is 0.143. The monoisotopic (exact) mass is 199 g/mol. The van der Waals surface area contributed by atoms with E-state index in [-0.39, 0.29) is 6.04 Å². The summed E-state index contributed by atoms with van der Waals surface area (Å²) < 4.78 is 0. The van der Waals surface area contributed by atoms with E-state index in [1.807, 2.05) is 5.43 Å². The highest BCUT2D eigenvalue weighted by Crippen LogP contribution is 2.27. The number of carbonyl (C=O) groups is 2. The first-order valence-corrected chi connectivity index (χ1v) is 5.00. The molecule has 5 heteroatoms. The van der Waals surface area contributed by atoms with Gasteiger partial charge in [-0.2, -0.15) is 0 Å². The van der Waals surface area contributed by atoms with Crippen LogP contribution < -0.4 is 16.6 Å². The Balaban J connectivity index is 2.43. The quantitative estimate of drug-likeness (QED) is 0.246. The molecule has 80 valence electrons. The fourth-order valence-corrected chi connectivity index (χ4v) is 2.01. The summed E-state index contributed by atoms with van der Waals surface area (Å²) in [5.41, 5.74) is 1.82. The number of nitrogens with one attached hydrogen (secondary N) is 2. The molecule has 0 aliphatic heterocycles. The Kier molecular flexibility index (Phi) is 3.88. The molecule has 1 rings (SSSR count). The van der Waals surface area contributed by atoms with Crippen molar-refractivity contribution in [2.24, 2.45) is 11.8 Å². The maximum atomic E-state index is 11.2. The highest BCUT2D eigenvalue weighted by atomic mass is 16.2. The Hall–Kier alpha value is -1.10. The number of hydrogen-bond acceptors (Lipinski definition) is 3. The van der Waals surface area contributed by atoms with Gasteiger partial charge in [0.2, 0.25) is 0 Å². The van der Waals surface area contributed by atoms with Gasteiger partial charge < -0.3 is 5.32 Å². The summed E-state index contributed by atoms with van der Waals surface area (Å²) >= 11 is 0. The molecule has 0 bridgehead atoms. The second-order valence-corrected chi connectivity index (χ2v) is 3.65. The second kappa shape index (κ2) is 4.95. The molecule has 1 saturated carbocycles. The van der Waals surface area contributed by atoms with Gasteiger partial charge in [0.1, 0.15) is 0 Å². The van der Waals surface area contributed by atoms with Crippen molar-refractivity contribution in [2.45, 2.75) is 38.6 Å². The van der Waals surface area contributed by atoms with E-state index in [4.69, 9.17) is 5.84 Å². The molecule has 0 aromatic heterocycles. The van der Waals surface area contributed by atoms with Crippen LogP contribution in [0.25, 0.3) is 0 Å². The molecule has 1 aliphatic rings. The van der Waals surface area contributed by atoms with E-state index >= 15 is 0 Å². The lowest BCUT2D eigenvalue weighted by atomic mass is 10.0. The minimum Gasteiger partial charge on any atom is -0.345 e. The van der Waals surface area contributed by atoms with E-state index in [9.17, 15) is 9.59 Å². The molecule has 2 atom stereocenters. The third kappa shape index (κ3) is 2.45. The summed E-state index contributed by atoms with van der Waals surface area (Å²) in [5, 5.41) is 2.70. The van der Waals surface area contributed by atoms with Crippen LogP contribution in [0.2, 0.25) is 0 Å². The molecule has 1 fully saturated rings. The van der Waals surface area contributed by atoms with Crippen molar-refractivity contribution in [2.75, 3.05) is 0 Å². The molecule has 0 aromatic carbocycles. The summed E-state index contributed by atoms with van der Waals surface area (Å²) in [7, 11) is 0. The number of nitrogens with two attached hydrogens (primary N) is 1. The zero-order valence-electron chi connectivity index (χ0n) is 8.38. The van der Waals surface area contributed by atoms with Crippen LogP contribution in [-0.2, 0) is 9.59 Å². The van der Waals surface area contributed by atoms with Crippen molar-refractivity contribution in [3.8, 4) is 0 Å². The van der Waals surface area contributed by atoms with Crippen LogP contribution in [0, 0.1) is 5.92 Å². The number of carbonyl (C=O) groups excluding carboxylic acids is 2. The SMILES string of the molecule is CCC1CCCC1NC(=O)C(=O)NN. The van der Waals surface area contributed by atoms with Crippen molar-refractivity contribution < 1.29 is 9.59 Å². The number of amides is 2. The molecular formula is C9H17N3O2. The zero-order valence-corrected chi connectivity index (χ0v) is 8.38. The maximum Gasteiger partial charge on any atom is 0.323 e. The summed E-state index contributed by atoms with van der Waals surface area (Å²) in [6, 6.07) is 0.143. The molecule has 0 saturated heterocycles. The van der Waals surface area contributed by atoms with Gasteiger partial charge in [0.25, 0.3) is 0 Å². The molecule has 0 heterocycles. The van der Waals surface area contributed by atoms with Crippen LogP contribution in [-0.4, -0.2) is 17.9 Å². The lowest BCUT2D eigenvalue weighted by Gasteiger charge is -2.18. The molecule has 0 aromatic rings. The van der Waals surface area contributed by atoms with E-state index in [0.717, 1.165) is 25.7 Å². The average molecular weight is 199 g/mol. The number of hydrogen-bond donors (Lipinski definition) is 3. The van der Waals surface area contributed by atoms with Gasteiger partial charge in [-0.15, -0.1) is 0 Å². The average Bonchev–Trinajstić information content (AvgIpc) is 2.63. The first-order valence-electron chi connectivity index (χ1n) is 5.00. The van der Waals surface area contributed by atoms with Gasteiger partial charge in [-0.25, -0.2) is 5.84 Å². The second-order valence-electron chi connectivity index (χ2n) is 3.65. The van der Waals surface area contributed by atoms with Crippen LogP contribution in [0.3, 0.4) is 0 Å². The molecular weight excluding hydrogens is 182 g/mol. The molecule has 4 N–H and O–H groups in total. The van der Waals surface area contributed by atoms with Crippen molar-refractivity contribution >= 4 is 11.8 Å². The molecule has 2 amide bonds. The van der Waals surface area contributed by atoms with Crippen LogP contribution in [0.5, 0.6) is 0 Å². The van der Waals surface area contributed by atoms with E-state index in [2.05, 4.69) is 12.2 Å². The fraction of sp³-hybridized carbons (Fsp3) is 0.778. The van der Waals surface area contributed by atoms with E-state index in [1.54, 1.807) is 0 Å². The molecule has 5 nitrogen and oxygen atoms in total. The third-order valence-electron chi connectivity index (χ3n) is 2.84. The summed E-state index contributed by atoms with van der Waals surface area (Å²) in [6.45, 7) is 2.10. The van der Waals surface area contributed by atoms with Gasteiger partial charge in [0.15, 0.2) is 0 Å². The van der Waals surface area contributed by atoms with Gasteiger partial charge in [0.05, 0.1) is 0 Å². The normalized spacial score (nSPS) is 25.9. The maximum absolute atomic E-state index is 11.2. The fourth-order valence-electron chi connectivity index (χ4n) is 2.01. The van der Waals surface area contributed by atoms with Gasteiger partial charge >= 0.3 is 11.8 Å². The minimum atomic E-state index is -0.772. The van der Waals surface area contributed by atoms with Gasteiger partial charge in [-0.3, -0.25) is 15.0 Å². The van der Waals surface area contributed by atoms with E-state index in [1.165, 1.54) is 0 Å².